The first-order valence-electron chi connectivity index (χ1n) is 6.31. The van der Waals surface area contributed by atoms with E-state index in [2.05, 4.69) is 15.7 Å². The lowest BCUT2D eigenvalue weighted by molar-refractivity contribution is -0.384. The van der Waals surface area contributed by atoms with Crippen LogP contribution in [0.5, 0.6) is 0 Å². The lowest BCUT2D eigenvalue weighted by atomic mass is 10.2. The monoisotopic (exact) mass is 253 g/mol. The first kappa shape index (κ1) is 12.8. The number of rotatable bonds is 5. The number of hydrogen-bond donors (Lipinski definition) is 2. The molecule has 0 saturated carbocycles. The van der Waals surface area contributed by atoms with Crippen molar-refractivity contribution in [2.75, 3.05) is 18.4 Å². The van der Waals surface area contributed by atoms with E-state index in [4.69, 9.17) is 0 Å². The molecule has 100 valence electrons. The molecule has 0 spiro atoms. The van der Waals surface area contributed by atoms with Gasteiger partial charge >= 0.3 is 5.69 Å². The van der Waals surface area contributed by atoms with Crippen molar-refractivity contribution in [3.63, 3.8) is 0 Å². The summed E-state index contributed by atoms with van der Waals surface area (Å²) in [6, 6.07) is 0.393. The smallest absolute Gasteiger partial charge is 0.333 e. The standard InChI is InChI=1S/C11H19N5O2/c1-3-9-10(16(17)18)11(15(2)14-9)13-7-8-5-4-6-12-8/h8,12-13H,3-7H2,1-2H3. The summed E-state index contributed by atoms with van der Waals surface area (Å²) in [5.41, 5.74) is 0.641. The van der Waals surface area contributed by atoms with E-state index in [-0.39, 0.29) is 10.6 Å². The van der Waals surface area contributed by atoms with E-state index in [0.717, 1.165) is 13.0 Å². The third-order valence-electron chi connectivity index (χ3n) is 3.29. The van der Waals surface area contributed by atoms with Crippen molar-refractivity contribution < 1.29 is 4.92 Å². The van der Waals surface area contributed by atoms with Crippen molar-refractivity contribution in [3.8, 4) is 0 Å². The van der Waals surface area contributed by atoms with Crippen LogP contribution in [-0.4, -0.2) is 33.8 Å². The van der Waals surface area contributed by atoms with Gasteiger partial charge in [-0.05, 0) is 25.8 Å². The highest BCUT2D eigenvalue weighted by Gasteiger charge is 2.26. The minimum atomic E-state index is -0.351. The first-order chi connectivity index (χ1) is 8.63. The van der Waals surface area contributed by atoms with Crippen LogP contribution in [0.25, 0.3) is 0 Å². The van der Waals surface area contributed by atoms with Crippen LogP contribution in [0, 0.1) is 10.1 Å². The van der Waals surface area contributed by atoms with Gasteiger partial charge < -0.3 is 10.6 Å². The number of aromatic nitrogens is 2. The molecule has 0 aliphatic carbocycles. The summed E-state index contributed by atoms with van der Waals surface area (Å²) in [4.78, 5) is 10.8. The molecule has 1 aromatic heterocycles. The topological polar surface area (TPSA) is 85.0 Å². The Labute approximate surface area is 106 Å². The predicted octanol–water partition coefficient (Wildman–Crippen LogP) is 1.05. The van der Waals surface area contributed by atoms with Gasteiger partial charge in [-0.2, -0.15) is 5.10 Å². The Bertz CT molecular complexity index is 437. The van der Waals surface area contributed by atoms with E-state index in [1.54, 1.807) is 11.7 Å². The van der Waals surface area contributed by atoms with Crippen LogP contribution in [-0.2, 0) is 13.5 Å². The van der Waals surface area contributed by atoms with E-state index < -0.39 is 0 Å². The molecule has 18 heavy (non-hydrogen) atoms. The molecule has 1 unspecified atom stereocenters. The quantitative estimate of drug-likeness (QED) is 0.605. The van der Waals surface area contributed by atoms with Gasteiger partial charge in [0.2, 0.25) is 5.82 Å². The summed E-state index contributed by atoms with van der Waals surface area (Å²) in [5, 5.41) is 21.8. The number of hydrogen-bond acceptors (Lipinski definition) is 5. The van der Waals surface area contributed by atoms with E-state index in [1.165, 1.54) is 6.42 Å². The Kier molecular flexibility index (Phi) is 3.81. The molecule has 7 nitrogen and oxygen atoms in total. The van der Waals surface area contributed by atoms with Gasteiger partial charge in [0.15, 0.2) is 0 Å². The largest absolute Gasteiger partial charge is 0.363 e. The molecule has 1 fully saturated rings. The molecular weight excluding hydrogens is 234 g/mol. The first-order valence-corrected chi connectivity index (χ1v) is 6.31. The molecule has 2 rings (SSSR count). The predicted molar refractivity (Wildman–Crippen MR) is 68.8 cm³/mol. The Hall–Kier alpha value is -1.63. The summed E-state index contributed by atoms with van der Waals surface area (Å²) in [6.45, 7) is 3.60. The SMILES string of the molecule is CCc1nn(C)c(NCC2CCCN2)c1[N+](=O)[O-]. The number of aryl methyl sites for hydroxylation is 2. The van der Waals surface area contributed by atoms with Crippen LogP contribution in [0.1, 0.15) is 25.5 Å². The molecule has 0 aromatic carbocycles. The molecule has 0 amide bonds. The zero-order valence-corrected chi connectivity index (χ0v) is 10.8. The Morgan fingerprint density at radius 3 is 3.00 bits per heavy atom. The van der Waals surface area contributed by atoms with E-state index >= 15 is 0 Å². The molecule has 0 bridgehead atoms. The van der Waals surface area contributed by atoms with Crippen molar-refractivity contribution in [2.45, 2.75) is 32.2 Å². The second-order valence-electron chi connectivity index (χ2n) is 4.55. The molecule has 0 radical (unpaired) electrons. The molecule has 1 aromatic rings. The number of anilines is 1. The van der Waals surface area contributed by atoms with E-state index in [0.29, 0.717) is 30.5 Å². The normalized spacial score (nSPS) is 19.1. The molecule has 2 N–H and O–H groups in total. The average molecular weight is 253 g/mol. The van der Waals surface area contributed by atoms with Gasteiger partial charge in [-0.3, -0.25) is 10.1 Å². The van der Waals surface area contributed by atoms with Crippen molar-refractivity contribution in [1.29, 1.82) is 0 Å². The summed E-state index contributed by atoms with van der Waals surface area (Å²) in [5.74, 6) is 0.505. The fraction of sp³-hybridized carbons (Fsp3) is 0.727. The van der Waals surface area contributed by atoms with Crippen molar-refractivity contribution >= 4 is 11.5 Å². The molecule has 1 aliphatic heterocycles. The Morgan fingerprint density at radius 2 is 2.44 bits per heavy atom. The van der Waals surface area contributed by atoms with Gasteiger partial charge in [0.05, 0.1) is 4.92 Å². The average Bonchev–Trinajstić information content (AvgIpc) is 2.93. The van der Waals surface area contributed by atoms with Crippen molar-refractivity contribution in [3.05, 3.63) is 15.8 Å². The van der Waals surface area contributed by atoms with Crippen LogP contribution >= 0.6 is 0 Å². The van der Waals surface area contributed by atoms with E-state index in [1.807, 2.05) is 6.92 Å². The highest BCUT2D eigenvalue weighted by molar-refractivity contribution is 5.59. The minimum absolute atomic E-state index is 0.109. The lowest BCUT2D eigenvalue weighted by Crippen LogP contribution is -2.30. The maximum atomic E-state index is 11.1. The van der Waals surface area contributed by atoms with Crippen LogP contribution in [0.4, 0.5) is 11.5 Å². The van der Waals surface area contributed by atoms with Gasteiger partial charge in [-0.15, -0.1) is 0 Å². The van der Waals surface area contributed by atoms with Crippen molar-refractivity contribution in [2.24, 2.45) is 7.05 Å². The summed E-state index contributed by atoms with van der Waals surface area (Å²) in [6.07, 6.45) is 2.84. The van der Waals surface area contributed by atoms with Crippen LogP contribution < -0.4 is 10.6 Å². The fourth-order valence-corrected chi connectivity index (χ4v) is 2.35. The maximum Gasteiger partial charge on any atom is 0.333 e. The van der Waals surface area contributed by atoms with Gasteiger partial charge in [-0.25, -0.2) is 4.68 Å². The molecule has 1 aliphatic rings. The summed E-state index contributed by atoms with van der Waals surface area (Å²) in [7, 11) is 1.73. The van der Waals surface area contributed by atoms with Gasteiger partial charge in [0.25, 0.3) is 0 Å². The van der Waals surface area contributed by atoms with E-state index in [9.17, 15) is 10.1 Å². The second-order valence-corrected chi connectivity index (χ2v) is 4.55. The number of nitrogens with zero attached hydrogens (tertiary/aromatic N) is 3. The van der Waals surface area contributed by atoms with Gasteiger partial charge in [-0.1, -0.05) is 6.92 Å². The van der Waals surface area contributed by atoms with Crippen LogP contribution in [0.2, 0.25) is 0 Å². The van der Waals surface area contributed by atoms with Gasteiger partial charge in [0.1, 0.15) is 5.69 Å². The number of nitro groups is 1. The second kappa shape index (κ2) is 5.34. The molecule has 2 heterocycles. The van der Waals surface area contributed by atoms with Crippen molar-refractivity contribution in [1.82, 2.24) is 15.1 Å². The van der Waals surface area contributed by atoms with Crippen LogP contribution in [0.15, 0.2) is 0 Å². The third-order valence-corrected chi connectivity index (χ3v) is 3.29. The summed E-state index contributed by atoms with van der Waals surface area (Å²) >= 11 is 0. The molecule has 7 heteroatoms. The Morgan fingerprint density at radius 1 is 1.67 bits per heavy atom. The Balaban J connectivity index is 2.14. The molecule has 1 atom stereocenters. The molecule has 1 saturated heterocycles. The third kappa shape index (κ3) is 2.45. The zero-order chi connectivity index (χ0) is 13.1. The van der Waals surface area contributed by atoms with Gasteiger partial charge in [0, 0.05) is 19.6 Å². The zero-order valence-electron chi connectivity index (χ0n) is 10.8. The molecular formula is C11H19N5O2. The van der Waals surface area contributed by atoms with Crippen LogP contribution in [0.3, 0.4) is 0 Å². The number of nitrogens with one attached hydrogen (secondary N) is 2. The minimum Gasteiger partial charge on any atom is -0.363 e. The fourth-order valence-electron chi connectivity index (χ4n) is 2.35. The summed E-state index contributed by atoms with van der Waals surface area (Å²) < 4.78 is 1.56. The highest BCUT2D eigenvalue weighted by Crippen LogP contribution is 2.28. The lowest BCUT2D eigenvalue weighted by Gasteiger charge is -2.11. The maximum absolute atomic E-state index is 11.1. The highest BCUT2D eigenvalue weighted by atomic mass is 16.6.